The van der Waals surface area contributed by atoms with Crippen molar-refractivity contribution in [2.45, 2.75) is 24.3 Å². The van der Waals surface area contributed by atoms with Crippen LogP contribution in [0.15, 0.2) is 58.4 Å². The SMILES string of the molecule is CN=C(NCc1ccccc1OC(F)(F)F)NCc1ccccc1S(=O)(=O)N(C)C.I. The largest absolute Gasteiger partial charge is 0.573 e. The summed E-state index contributed by atoms with van der Waals surface area (Å²) in [7, 11) is 0.755. The molecule has 172 valence electrons. The molecule has 0 aliphatic rings. The second kappa shape index (κ2) is 11.5. The number of sulfonamides is 1. The second-order valence-electron chi connectivity index (χ2n) is 6.33. The lowest BCUT2D eigenvalue weighted by Crippen LogP contribution is -2.37. The van der Waals surface area contributed by atoms with Gasteiger partial charge >= 0.3 is 6.36 Å². The first-order valence-corrected chi connectivity index (χ1v) is 10.3. The molecule has 2 N–H and O–H groups in total. The maximum atomic E-state index is 12.6. The summed E-state index contributed by atoms with van der Waals surface area (Å²) in [6.07, 6.45) is -4.79. The van der Waals surface area contributed by atoms with Crippen molar-refractivity contribution in [3.63, 3.8) is 0 Å². The first kappa shape index (κ1) is 27.0. The predicted molar refractivity (Wildman–Crippen MR) is 123 cm³/mol. The average Bonchev–Trinajstić information content (AvgIpc) is 2.68. The van der Waals surface area contributed by atoms with Crippen LogP contribution in [0.1, 0.15) is 11.1 Å². The van der Waals surface area contributed by atoms with E-state index in [2.05, 4.69) is 20.4 Å². The Bertz CT molecular complexity index is 999. The molecule has 0 saturated carbocycles. The van der Waals surface area contributed by atoms with Gasteiger partial charge in [0.2, 0.25) is 10.0 Å². The molecule has 2 rings (SSSR count). The smallest absolute Gasteiger partial charge is 0.405 e. The minimum absolute atomic E-state index is 0. The third-order valence-corrected chi connectivity index (χ3v) is 5.96. The Hall–Kier alpha value is -2.06. The highest BCUT2D eigenvalue weighted by Crippen LogP contribution is 2.26. The number of alkyl halides is 3. The monoisotopic (exact) mass is 572 g/mol. The summed E-state index contributed by atoms with van der Waals surface area (Å²) in [4.78, 5) is 4.18. The van der Waals surface area contributed by atoms with Crippen molar-refractivity contribution >= 4 is 40.0 Å². The zero-order valence-corrected chi connectivity index (χ0v) is 20.2. The number of para-hydroxylation sites is 1. The van der Waals surface area contributed by atoms with Gasteiger partial charge in [0.25, 0.3) is 0 Å². The van der Waals surface area contributed by atoms with E-state index < -0.39 is 16.4 Å². The van der Waals surface area contributed by atoms with E-state index in [1.165, 1.54) is 45.4 Å². The normalized spacial score (nSPS) is 12.3. The van der Waals surface area contributed by atoms with Crippen molar-refractivity contribution in [1.82, 2.24) is 14.9 Å². The van der Waals surface area contributed by atoms with E-state index in [-0.39, 0.29) is 59.2 Å². The molecular weight excluding hydrogens is 548 g/mol. The fraction of sp³-hybridized carbons (Fsp3) is 0.316. The molecule has 0 fully saturated rings. The highest BCUT2D eigenvalue weighted by atomic mass is 127. The Kier molecular flexibility index (Phi) is 10.0. The number of rotatable bonds is 7. The second-order valence-corrected chi connectivity index (χ2v) is 8.45. The molecule has 31 heavy (non-hydrogen) atoms. The minimum atomic E-state index is -4.79. The van der Waals surface area contributed by atoms with Crippen molar-refractivity contribution in [1.29, 1.82) is 0 Å². The Morgan fingerprint density at radius 1 is 1.00 bits per heavy atom. The molecule has 0 bridgehead atoms. The number of nitrogens with zero attached hydrogens (tertiary/aromatic N) is 2. The molecule has 0 atom stereocenters. The molecule has 2 aromatic rings. The first-order chi connectivity index (χ1) is 14.0. The Morgan fingerprint density at radius 3 is 2.06 bits per heavy atom. The standard InChI is InChI=1S/C19H23F3N4O3S.HI/c1-23-18(24-12-14-8-4-6-10-16(14)29-19(20,21)22)25-13-15-9-5-7-11-17(15)30(27,28)26(2)3;/h4-11H,12-13H2,1-3H3,(H2,23,24,25);1H. The van der Waals surface area contributed by atoms with Crippen LogP contribution in [-0.2, 0) is 23.1 Å². The summed E-state index contributed by atoms with van der Waals surface area (Å²) in [5.41, 5.74) is 0.809. The van der Waals surface area contributed by atoms with Crippen LogP contribution in [-0.4, -0.2) is 46.2 Å². The number of halogens is 4. The highest BCUT2D eigenvalue weighted by Gasteiger charge is 2.32. The van der Waals surface area contributed by atoms with Crippen LogP contribution in [0.2, 0.25) is 0 Å². The van der Waals surface area contributed by atoms with E-state index in [1.54, 1.807) is 24.3 Å². The molecule has 0 aliphatic carbocycles. The molecule has 0 saturated heterocycles. The third kappa shape index (κ3) is 7.85. The minimum Gasteiger partial charge on any atom is -0.405 e. The van der Waals surface area contributed by atoms with Crippen molar-refractivity contribution < 1.29 is 26.3 Å². The maximum Gasteiger partial charge on any atom is 0.573 e. The van der Waals surface area contributed by atoms with Crippen molar-refractivity contribution in [3.05, 3.63) is 59.7 Å². The van der Waals surface area contributed by atoms with Gasteiger partial charge in [-0.3, -0.25) is 4.99 Å². The number of aliphatic imine (C=N–C) groups is 1. The molecule has 0 radical (unpaired) electrons. The molecule has 0 unspecified atom stereocenters. The van der Waals surface area contributed by atoms with Gasteiger partial charge in [-0.05, 0) is 17.7 Å². The van der Waals surface area contributed by atoms with Crippen molar-refractivity contribution in [2.24, 2.45) is 4.99 Å². The molecule has 0 aliphatic heterocycles. The summed E-state index contributed by atoms with van der Waals surface area (Å²) in [6.45, 7) is 0.160. The van der Waals surface area contributed by atoms with E-state index in [1.807, 2.05) is 0 Å². The van der Waals surface area contributed by atoms with Gasteiger partial charge in [0, 0.05) is 39.8 Å². The number of guanidine groups is 1. The van der Waals surface area contributed by atoms with E-state index in [0.29, 0.717) is 5.56 Å². The number of hydrogen-bond acceptors (Lipinski definition) is 4. The fourth-order valence-corrected chi connectivity index (χ4v) is 3.67. The lowest BCUT2D eigenvalue weighted by molar-refractivity contribution is -0.274. The van der Waals surface area contributed by atoms with Gasteiger partial charge < -0.3 is 15.4 Å². The van der Waals surface area contributed by atoms with Crippen molar-refractivity contribution in [3.8, 4) is 5.75 Å². The molecule has 2 aromatic carbocycles. The molecular formula is C19H24F3IN4O3S. The summed E-state index contributed by atoms with van der Waals surface area (Å²) < 4.78 is 67.8. The summed E-state index contributed by atoms with van der Waals surface area (Å²) in [5.74, 6) is -0.0239. The number of ether oxygens (including phenoxy) is 1. The summed E-state index contributed by atoms with van der Waals surface area (Å²) >= 11 is 0. The van der Waals surface area contributed by atoms with Crippen LogP contribution in [0.25, 0.3) is 0 Å². The highest BCUT2D eigenvalue weighted by molar-refractivity contribution is 14.0. The van der Waals surface area contributed by atoms with Gasteiger partial charge in [-0.1, -0.05) is 36.4 Å². The van der Waals surface area contributed by atoms with Gasteiger partial charge in [0.05, 0.1) is 4.90 Å². The quantitative estimate of drug-likeness (QED) is 0.303. The van der Waals surface area contributed by atoms with Gasteiger partial charge in [-0.2, -0.15) is 0 Å². The van der Waals surface area contributed by atoms with Gasteiger partial charge in [-0.25, -0.2) is 12.7 Å². The van der Waals surface area contributed by atoms with Crippen LogP contribution >= 0.6 is 24.0 Å². The number of benzene rings is 2. The van der Waals surface area contributed by atoms with Crippen LogP contribution < -0.4 is 15.4 Å². The van der Waals surface area contributed by atoms with E-state index in [4.69, 9.17) is 0 Å². The third-order valence-electron chi connectivity index (χ3n) is 4.05. The molecule has 12 heteroatoms. The van der Waals surface area contributed by atoms with Gasteiger partial charge in [0.15, 0.2) is 5.96 Å². The van der Waals surface area contributed by atoms with Crippen LogP contribution in [0.3, 0.4) is 0 Å². The maximum absolute atomic E-state index is 12.6. The van der Waals surface area contributed by atoms with Crippen LogP contribution in [0.5, 0.6) is 5.75 Å². The molecule has 0 spiro atoms. The summed E-state index contributed by atoms with van der Waals surface area (Å²) in [6, 6.07) is 12.3. The first-order valence-electron chi connectivity index (χ1n) is 8.83. The predicted octanol–water partition coefficient (Wildman–Crippen LogP) is 3.32. The molecule has 7 nitrogen and oxygen atoms in total. The van der Waals surface area contributed by atoms with Crippen molar-refractivity contribution in [2.75, 3.05) is 21.1 Å². The number of hydrogen-bond donors (Lipinski definition) is 2. The average molecular weight is 572 g/mol. The fourth-order valence-electron chi connectivity index (χ4n) is 2.55. The Morgan fingerprint density at radius 2 is 1.52 bits per heavy atom. The molecule has 0 heterocycles. The van der Waals surface area contributed by atoms with Crippen LogP contribution in [0, 0.1) is 0 Å². The van der Waals surface area contributed by atoms with E-state index in [9.17, 15) is 21.6 Å². The molecule has 0 amide bonds. The molecule has 0 aromatic heterocycles. The number of nitrogens with one attached hydrogen (secondary N) is 2. The summed E-state index contributed by atoms with van der Waals surface area (Å²) in [5, 5.41) is 5.86. The lowest BCUT2D eigenvalue weighted by Gasteiger charge is -2.17. The Labute approximate surface area is 196 Å². The van der Waals surface area contributed by atoms with Gasteiger partial charge in [-0.15, -0.1) is 37.1 Å². The topological polar surface area (TPSA) is 83.0 Å². The lowest BCUT2D eigenvalue weighted by atomic mass is 10.2. The van der Waals surface area contributed by atoms with Gasteiger partial charge in [0.1, 0.15) is 5.75 Å². The van der Waals surface area contributed by atoms with Crippen LogP contribution in [0.4, 0.5) is 13.2 Å². The Balaban J connectivity index is 0.00000480. The van der Waals surface area contributed by atoms with E-state index >= 15 is 0 Å². The van der Waals surface area contributed by atoms with E-state index in [0.717, 1.165) is 4.31 Å². The zero-order chi connectivity index (χ0) is 22.4. The zero-order valence-electron chi connectivity index (χ0n) is 17.1.